The van der Waals surface area contributed by atoms with E-state index < -0.39 is 0 Å². The standard InChI is InChI=1S/C17H20ClNO/c1-3-17(14-4-8-15(18)9-5-14)19-12(2)13-6-10-16(20)11-7-13/h4-12,17,19-20H,3H2,1-2H3. The molecule has 0 bridgehead atoms. The first kappa shape index (κ1) is 14.9. The fraction of sp³-hybridized carbons (Fsp3) is 0.294. The monoisotopic (exact) mass is 289 g/mol. The molecule has 0 amide bonds. The molecule has 0 radical (unpaired) electrons. The van der Waals surface area contributed by atoms with Crippen LogP contribution in [0.3, 0.4) is 0 Å². The van der Waals surface area contributed by atoms with Gasteiger partial charge in [0.15, 0.2) is 0 Å². The highest BCUT2D eigenvalue weighted by atomic mass is 35.5. The highest BCUT2D eigenvalue weighted by Gasteiger charge is 2.13. The van der Waals surface area contributed by atoms with Crippen molar-refractivity contribution in [3.63, 3.8) is 0 Å². The highest BCUT2D eigenvalue weighted by molar-refractivity contribution is 6.30. The predicted molar refractivity (Wildman–Crippen MR) is 84.1 cm³/mol. The van der Waals surface area contributed by atoms with Gasteiger partial charge in [0.05, 0.1) is 0 Å². The SMILES string of the molecule is CCC(NC(C)c1ccc(O)cc1)c1ccc(Cl)cc1. The van der Waals surface area contributed by atoms with Crippen molar-refractivity contribution in [1.29, 1.82) is 0 Å². The summed E-state index contributed by atoms with van der Waals surface area (Å²) in [6.45, 7) is 4.29. The van der Waals surface area contributed by atoms with Crippen molar-refractivity contribution in [3.05, 3.63) is 64.7 Å². The lowest BCUT2D eigenvalue weighted by atomic mass is 10.0. The molecular weight excluding hydrogens is 270 g/mol. The molecule has 0 aliphatic carbocycles. The molecule has 2 atom stereocenters. The number of hydrogen-bond donors (Lipinski definition) is 2. The van der Waals surface area contributed by atoms with E-state index in [0.29, 0.717) is 5.75 Å². The maximum atomic E-state index is 9.34. The van der Waals surface area contributed by atoms with Crippen LogP contribution in [0.15, 0.2) is 48.5 Å². The quantitative estimate of drug-likeness (QED) is 0.825. The smallest absolute Gasteiger partial charge is 0.115 e. The number of hydrogen-bond acceptors (Lipinski definition) is 2. The van der Waals surface area contributed by atoms with Crippen molar-refractivity contribution in [2.24, 2.45) is 0 Å². The van der Waals surface area contributed by atoms with Gasteiger partial charge < -0.3 is 10.4 Å². The first-order valence-corrected chi connectivity index (χ1v) is 7.28. The molecule has 0 aliphatic heterocycles. The summed E-state index contributed by atoms with van der Waals surface area (Å²) in [5.74, 6) is 0.297. The molecule has 0 fully saturated rings. The summed E-state index contributed by atoms with van der Waals surface area (Å²) in [7, 11) is 0. The summed E-state index contributed by atoms with van der Waals surface area (Å²) in [5, 5.41) is 13.7. The van der Waals surface area contributed by atoms with Crippen molar-refractivity contribution in [2.45, 2.75) is 32.4 Å². The second-order valence-corrected chi connectivity index (χ2v) is 5.43. The van der Waals surface area contributed by atoms with E-state index in [-0.39, 0.29) is 12.1 Å². The van der Waals surface area contributed by atoms with Crippen LogP contribution in [-0.2, 0) is 0 Å². The van der Waals surface area contributed by atoms with Crippen LogP contribution < -0.4 is 5.32 Å². The van der Waals surface area contributed by atoms with Crippen molar-refractivity contribution < 1.29 is 5.11 Å². The number of benzene rings is 2. The first-order valence-electron chi connectivity index (χ1n) is 6.90. The van der Waals surface area contributed by atoms with E-state index in [1.54, 1.807) is 12.1 Å². The van der Waals surface area contributed by atoms with E-state index in [0.717, 1.165) is 17.0 Å². The third kappa shape index (κ3) is 3.75. The van der Waals surface area contributed by atoms with E-state index in [4.69, 9.17) is 11.6 Å². The highest BCUT2D eigenvalue weighted by Crippen LogP contribution is 2.24. The Morgan fingerprint density at radius 1 is 1.00 bits per heavy atom. The fourth-order valence-electron chi connectivity index (χ4n) is 2.31. The second kappa shape index (κ2) is 6.78. The minimum Gasteiger partial charge on any atom is -0.508 e. The molecule has 3 heteroatoms. The van der Waals surface area contributed by atoms with Gasteiger partial charge in [0.1, 0.15) is 5.75 Å². The minimum absolute atomic E-state index is 0.219. The molecule has 0 aliphatic rings. The molecule has 2 aromatic rings. The van der Waals surface area contributed by atoms with Gasteiger partial charge in [-0.05, 0) is 48.7 Å². The average molecular weight is 290 g/mol. The van der Waals surface area contributed by atoms with Gasteiger partial charge in [0, 0.05) is 17.1 Å². The van der Waals surface area contributed by atoms with Crippen LogP contribution in [-0.4, -0.2) is 5.11 Å². The Balaban J connectivity index is 2.09. The molecule has 2 rings (SSSR count). The van der Waals surface area contributed by atoms with Gasteiger partial charge in [-0.1, -0.05) is 42.8 Å². The van der Waals surface area contributed by atoms with E-state index in [9.17, 15) is 5.11 Å². The summed E-state index contributed by atoms with van der Waals surface area (Å²) in [4.78, 5) is 0. The largest absolute Gasteiger partial charge is 0.508 e. The van der Waals surface area contributed by atoms with E-state index >= 15 is 0 Å². The molecule has 106 valence electrons. The molecule has 2 aromatic carbocycles. The van der Waals surface area contributed by atoms with Gasteiger partial charge in [0.2, 0.25) is 0 Å². The molecule has 0 saturated heterocycles. The maximum absolute atomic E-state index is 9.34. The van der Waals surface area contributed by atoms with Gasteiger partial charge in [-0.3, -0.25) is 0 Å². The first-order chi connectivity index (χ1) is 9.60. The lowest BCUT2D eigenvalue weighted by molar-refractivity contribution is 0.454. The van der Waals surface area contributed by atoms with Gasteiger partial charge in [-0.2, -0.15) is 0 Å². The molecular formula is C17H20ClNO. The number of phenolic OH excluding ortho intramolecular Hbond substituents is 1. The summed E-state index contributed by atoms with van der Waals surface area (Å²) < 4.78 is 0. The average Bonchev–Trinajstić information content (AvgIpc) is 2.46. The topological polar surface area (TPSA) is 32.3 Å². The van der Waals surface area contributed by atoms with Crippen LogP contribution in [0.1, 0.15) is 43.5 Å². The summed E-state index contributed by atoms with van der Waals surface area (Å²) in [5.41, 5.74) is 2.40. The lowest BCUT2D eigenvalue weighted by Gasteiger charge is -2.23. The molecule has 20 heavy (non-hydrogen) atoms. The third-order valence-corrected chi connectivity index (χ3v) is 3.78. The Morgan fingerprint density at radius 2 is 1.55 bits per heavy atom. The van der Waals surface area contributed by atoms with Crippen molar-refractivity contribution in [1.82, 2.24) is 5.32 Å². The Bertz CT molecular complexity index is 536. The van der Waals surface area contributed by atoms with Crippen LogP contribution >= 0.6 is 11.6 Å². The molecule has 0 spiro atoms. The van der Waals surface area contributed by atoms with Gasteiger partial charge in [0.25, 0.3) is 0 Å². The predicted octanol–water partition coefficient (Wildman–Crippen LogP) is 4.85. The van der Waals surface area contributed by atoms with E-state index in [2.05, 4.69) is 31.3 Å². The zero-order valence-electron chi connectivity index (χ0n) is 11.8. The van der Waals surface area contributed by atoms with Crippen molar-refractivity contribution >= 4 is 11.6 Å². The van der Waals surface area contributed by atoms with Gasteiger partial charge in [-0.25, -0.2) is 0 Å². The van der Waals surface area contributed by atoms with Crippen LogP contribution in [0.5, 0.6) is 5.75 Å². The van der Waals surface area contributed by atoms with Crippen LogP contribution in [0.4, 0.5) is 0 Å². The normalized spacial score (nSPS) is 13.9. The summed E-state index contributed by atoms with van der Waals surface area (Å²) in [6.07, 6.45) is 1.00. The molecule has 2 N–H and O–H groups in total. The van der Waals surface area contributed by atoms with Gasteiger partial charge >= 0.3 is 0 Å². The van der Waals surface area contributed by atoms with E-state index in [1.807, 2.05) is 24.3 Å². The Hall–Kier alpha value is -1.51. The van der Waals surface area contributed by atoms with Crippen LogP contribution in [0.25, 0.3) is 0 Å². The van der Waals surface area contributed by atoms with Crippen molar-refractivity contribution in [3.8, 4) is 5.75 Å². The zero-order chi connectivity index (χ0) is 14.5. The zero-order valence-corrected chi connectivity index (χ0v) is 12.6. The van der Waals surface area contributed by atoms with Crippen LogP contribution in [0.2, 0.25) is 5.02 Å². The van der Waals surface area contributed by atoms with Crippen LogP contribution in [0, 0.1) is 0 Å². The molecule has 0 aromatic heterocycles. The molecule has 2 nitrogen and oxygen atoms in total. The molecule has 0 saturated carbocycles. The maximum Gasteiger partial charge on any atom is 0.115 e. The fourth-order valence-corrected chi connectivity index (χ4v) is 2.43. The molecule has 2 unspecified atom stereocenters. The number of halogens is 1. The number of aromatic hydroxyl groups is 1. The Labute approximate surface area is 125 Å². The number of rotatable bonds is 5. The summed E-state index contributed by atoms with van der Waals surface area (Å²) >= 11 is 5.93. The lowest BCUT2D eigenvalue weighted by Crippen LogP contribution is -2.24. The second-order valence-electron chi connectivity index (χ2n) is 4.99. The molecule has 0 heterocycles. The third-order valence-electron chi connectivity index (χ3n) is 3.52. The van der Waals surface area contributed by atoms with Crippen molar-refractivity contribution in [2.75, 3.05) is 0 Å². The summed E-state index contributed by atoms with van der Waals surface area (Å²) in [6, 6.07) is 15.8. The van der Waals surface area contributed by atoms with Gasteiger partial charge in [-0.15, -0.1) is 0 Å². The van der Waals surface area contributed by atoms with E-state index in [1.165, 1.54) is 5.56 Å². The Kier molecular flexibility index (Phi) is 5.05. The minimum atomic E-state index is 0.219. The number of phenols is 1. The Morgan fingerprint density at radius 3 is 2.10 bits per heavy atom. The number of nitrogens with one attached hydrogen (secondary N) is 1.